The Hall–Kier alpha value is -0.380. The molecule has 1 aromatic carbocycles. The van der Waals surface area contributed by atoms with Crippen molar-refractivity contribution in [2.45, 2.75) is 26.7 Å². The van der Waals surface area contributed by atoms with Crippen molar-refractivity contribution in [2.24, 2.45) is 0 Å². The molecule has 1 aromatic rings. The molecule has 0 aliphatic heterocycles. The maximum Gasteiger partial charge on any atom is 0.155 e. The third-order valence-electron chi connectivity index (χ3n) is 1.80. The van der Waals surface area contributed by atoms with Gasteiger partial charge >= 0.3 is 0 Å². The van der Waals surface area contributed by atoms with Crippen molar-refractivity contribution in [2.75, 3.05) is 6.61 Å². The molecule has 0 aliphatic rings. The van der Waals surface area contributed by atoms with Crippen molar-refractivity contribution in [3.8, 4) is 0 Å². The first-order valence-corrected chi connectivity index (χ1v) is 5.49. The van der Waals surface area contributed by atoms with Gasteiger partial charge in [-0.3, -0.25) is 0 Å². The van der Waals surface area contributed by atoms with Crippen LogP contribution < -0.4 is 0 Å². The highest BCUT2D eigenvalue weighted by Crippen LogP contribution is 2.11. The first-order chi connectivity index (χ1) is 6.72. The second-order valence-corrected chi connectivity index (χ2v) is 3.88. The fourth-order valence-electron chi connectivity index (χ4n) is 1.08. The Bertz CT molecular complexity index is 258. The summed E-state index contributed by atoms with van der Waals surface area (Å²) in [7, 11) is 0. The van der Waals surface area contributed by atoms with E-state index in [9.17, 15) is 0 Å². The van der Waals surface area contributed by atoms with Crippen LogP contribution >= 0.6 is 15.9 Å². The molecule has 0 radical (unpaired) electrons. The molecule has 0 saturated heterocycles. The highest BCUT2D eigenvalue weighted by Gasteiger charge is 2.00. The second-order valence-electron chi connectivity index (χ2n) is 2.96. The van der Waals surface area contributed by atoms with Crippen LogP contribution in [0.2, 0.25) is 0 Å². The van der Waals surface area contributed by atoms with E-state index in [2.05, 4.69) is 15.9 Å². The second kappa shape index (κ2) is 6.17. The summed E-state index contributed by atoms with van der Waals surface area (Å²) >= 11 is 3.38. The molecule has 0 saturated carbocycles. The monoisotopic (exact) mass is 258 g/mol. The molecule has 1 rings (SSSR count). The van der Waals surface area contributed by atoms with Crippen molar-refractivity contribution in [3.63, 3.8) is 0 Å². The summed E-state index contributed by atoms with van der Waals surface area (Å²) in [6.07, 6.45) is -0.136. The van der Waals surface area contributed by atoms with Gasteiger partial charge in [-0.15, -0.1) is 0 Å². The zero-order valence-corrected chi connectivity index (χ0v) is 10.1. The van der Waals surface area contributed by atoms with E-state index in [-0.39, 0.29) is 6.29 Å². The summed E-state index contributed by atoms with van der Waals surface area (Å²) < 4.78 is 11.8. The van der Waals surface area contributed by atoms with E-state index in [1.807, 2.05) is 38.1 Å². The van der Waals surface area contributed by atoms with Crippen molar-refractivity contribution in [1.29, 1.82) is 0 Å². The average molecular weight is 259 g/mol. The molecule has 0 fully saturated rings. The van der Waals surface area contributed by atoms with Crippen LogP contribution in [0, 0.1) is 0 Å². The Labute approximate surface area is 93.4 Å². The SMILES string of the molecule is CCOC(C)OCc1ccc(Br)cc1. The van der Waals surface area contributed by atoms with Crippen LogP contribution in [0.4, 0.5) is 0 Å². The van der Waals surface area contributed by atoms with Crippen LogP contribution in [-0.4, -0.2) is 12.9 Å². The third kappa shape index (κ3) is 4.22. The quantitative estimate of drug-likeness (QED) is 0.755. The Morgan fingerprint density at radius 3 is 2.43 bits per heavy atom. The topological polar surface area (TPSA) is 18.5 Å². The van der Waals surface area contributed by atoms with Gasteiger partial charge in [0.05, 0.1) is 6.61 Å². The Morgan fingerprint density at radius 1 is 1.21 bits per heavy atom. The smallest absolute Gasteiger partial charge is 0.155 e. The van der Waals surface area contributed by atoms with E-state index in [4.69, 9.17) is 9.47 Å². The highest BCUT2D eigenvalue weighted by atomic mass is 79.9. The Kier molecular flexibility index (Phi) is 5.15. The normalized spacial score (nSPS) is 12.8. The average Bonchev–Trinajstić information content (AvgIpc) is 2.17. The minimum absolute atomic E-state index is 0.136. The van der Waals surface area contributed by atoms with Gasteiger partial charge in [0.15, 0.2) is 6.29 Å². The van der Waals surface area contributed by atoms with E-state index < -0.39 is 0 Å². The maximum absolute atomic E-state index is 5.47. The standard InChI is InChI=1S/C11H15BrO2/c1-3-13-9(2)14-8-10-4-6-11(12)7-5-10/h4-7,9H,3,8H2,1-2H3. The Morgan fingerprint density at radius 2 is 1.86 bits per heavy atom. The van der Waals surface area contributed by atoms with Gasteiger partial charge in [0.25, 0.3) is 0 Å². The number of hydrogen-bond donors (Lipinski definition) is 0. The van der Waals surface area contributed by atoms with Gasteiger partial charge in [-0.05, 0) is 31.5 Å². The molecule has 0 N–H and O–H groups in total. The summed E-state index contributed by atoms with van der Waals surface area (Å²) in [5.41, 5.74) is 1.15. The molecule has 78 valence electrons. The molecule has 0 aliphatic carbocycles. The molecule has 0 spiro atoms. The lowest BCUT2D eigenvalue weighted by atomic mass is 10.2. The zero-order chi connectivity index (χ0) is 10.4. The van der Waals surface area contributed by atoms with E-state index in [1.54, 1.807) is 0 Å². The largest absolute Gasteiger partial charge is 0.353 e. The number of hydrogen-bond acceptors (Lipinski definition) is 2. The number of ether oxygens (including phenoxy) is 2. The van der Waals surface area contributed by atoms with Crippen molar-refractivity contribution in [1.82, 2.24) is 0 Å². The van der Waals surface area contributed by atoms with E-state index in [0.717, 1.165) is 10.0 Å². The van der Waals surface area contributed by atoms with E-state index in [0.29, 0.717) is 13.2 Å². The maximum atomic E-state index is 5.47. The molecule has 0 aromatic heterocycles. The summed E-state index contributed by atoms with van der Waals surface area (Å²) in [5.74, 6) is 0. The van der Waals surface area contributed by atoms with Crippen LogP contribution in [0.1, 0.15) is 19.4 Å². The van der Waals surface area contributed by atoms with Crippen LogP contribution in [0.3, 0.4) is 0 Å². The van der Waals surface area contributed by atoms with Gasteiger partial charge < -0.3 is 9.47 Å². The summed E-state index contributed by atoms with van der Waals surface area (Å²) in [5, 5.41) is 0. The predicted octanol–water partition coefficient (Wildman–Crippen LogP) is 3.35. The molecule has 3 heteroatoms. The predicted molar refractivity (Wildman–Crippen MR) is 60.0 cm³/mol. The molecule has 1 unspecified atom stereocenters. The van der Waals surface area contributed by atoms with Gasteiger partial charge in [-0.25, -0.2) is 0 Å². The van der Waals surface area contributed by atoms with Crippen molar-refractivity contribution < 1.29 is 9.47 Å². The van der Waals surface area contributed by atoms with Crippen LogP contribution in [0.5, 0.6) is 0 Å². The van der Waals surface area contributed by atoms with E-state index >= 15 is 0 Å². The zero-order valence-electron chi connectivity index (χ0n) is 8.50. The molecule has 0 heterocycles. The number of benzene rings is 1. The Balaban J connectivity index is 2.34. The molecule has 1 atom stereocenters. The van der Waals surface area contributed by atoms with Crippen LogP contribution in [0.15, 0.2) is 28.7 Å². The molecule has 0 amide bonds. The molecular formula is C11H15BrO2. The highest BCUT2D eigenvalue weighted by molar-refractivity contribution is 9.10. The third-order valence-corrected chi connectivity index (χ3v) is 2.33. The van der Waals surface area contributed by atoms with Crippen LogP contribution in [0.25, 0.3) is 0 Å². The van der Waals surface area contributed by atoms with Gasteiger partial charge in [-0.2, -0.15) is 0 Å². The van der Waals surface area contributed by atoms with E-state index in [1.165, 1.54) is 0 Å². The lowest BCUT2D eigenvalue weighted by Gasteiger charge is -2.12. The number of halogens is 1. The van der Waals surface area contributed by atoms with Crippen LogP contribution in [-0.2, 0) is 16.1 Å². The van der Waals surface area contributed by atoms with Gasteiger partial charge in [0, 0.05) is 11.1 Å². The minimum Gasteiger partial charge on any atom is -0.353 e. The van der Waals surface area contributed by atoms with Crippen molar-refractivity contribution in [3.05, 3.63) is 34.3 Å². The molecular weight excluding hydrogens is 244 g/mol. The number of rotatable bonds is 5. The first-order valence-electron chi connectivity index (χ1n) is 4.70. The lowest BCUT2D eigenvalue weighted by Crippen LogP contribution is -2.12. The molecule has 2 nitrogen and oxygen atoms in total. The molecule has 0 bridgehead atoms. The van der Waals surface area contributed by atoms with Crippen molar-refractivity contribution >= 4 is 15.9 Å². The lowest BCUT2D eigenvalue weighted by molar-refractivity contribution is -0.134. The van der Waals surface area contributed by atoms with Gasteiger partial charge in [0.2, 0.25) is 0 Å². The fraction of sp³-hybridized carbons (Fsp3) is 0.455. The molecule has 14 heavy (non-hydrogen) atoms. The van der Waals surface area contributed by atoms with Gasteiger partial charge in [-0.1, -0.05) is 28.1 Å². The minimum atomic E-state index is -0.136. The summed E-state index contributed by atoms with van der Waals surface area (Å²) in [6.45, 7) is 5.14. The first kappa shape index (κ1) is 11.7. The summed E-state index contributed by atoms with van der Waals surface area (Å²) in [6, 6.07) is 8.07. The van der Waals surface area contributed by atoms with Gasteiger partial charge in [0.1, 0.15) is 0 Å². The fourth-order valence-corrected chi connectivity index (χ4v) is 1.34. The summed E-state index contributed by atoms with van der Waals surface area (Å²) in [4.78, 5) is 0.